The van der Waals surface area contributed by atoms with E-state index in [1.807, 2.05) is 84.9 Å². The average Bonchev–Trinajstić information content (AvgIpc) is 3.67. The summed E-state index contributed by atoms with van der Waals surface area (Å²) in [6, 6.07) is 23.7. The molecule has 0 spiro atoms. The molecule has 9 aromatic rings. The Morgan fingerprint density at radius 2 is 0.857 bits per heavy atom. The number of hydrogen-bond donors (Lipinski definition) is 0. The maximum absolute atomic E-state index is 9.12. The van der Waals surface area contributed by atoms with Gasteiger partial charge >= 0.3 is 0 Å². The molecule has 0 aliphatic rings. The van der Waals surface area contributed by atoms with Crippen molar-refractivity contribution < 1.29 is 17.8 Å². The van der Waals surface area contributed by atoms with Crippen LogP contribution in [-0.2, 0) is 0 Å². The first kappa shape index (κ1) is 18.0. The Morgan fingerprint density at radius 3 is 1.53 bits per heavy atom. The maximum atomic E-state index is 9.12. The van der Waals surface area contributed by atoms with Gasteiger partial charge in [-0.05, 0) is 58.6 Å². The molecule has 0 bridgehead atoms. The van der Waals surface area contributed by atoms with E-state index in [4.69, 9.17) is 32.8 Å². The molecule has 2 heterocycles. The van der Waals surface area contributed by atoms with Crippen molar-refractivity contribution in [2.24, 2.45) is 0 Å². The molecular formula is C45H30N4. The van der Waals surface area contributed by atoms with E-state index in [1.165, 1.54) is 10.6 Å². The second-order valence-corrected chi connectivity index (χ2v) is 11.2. The van der Waals surface area contributed by atoms with Crippen molar-refractivity contribution in [3.63, 3.8) is 0 Å². The summed E-state index contributed by atoms with van der Waals surface area (Å²) in [5.74, 6) is 0.645. The number of aromatic nitrogens is 4. The summed E-state index contributed by atoms with van der Waals surface area (Å²) >= 11 is 0. The number of rotatable bonds is 6. The molecule has 7 aromatic carbocycles. The summed E-state index contributed by atoms with van der Waals surface area (Å²) < 4.78 is 115. The van der Waals surface area contributed by atoms with Gasteiger partial charge in [0.25, 0.3) is 0 Å². The van der Waals surface area contributed by atoms with Crippen LogP contribution in [0.4, 0.5) is 0 Å². The topological polar surface area (TPSA) is 43.6 Å². The molecule has 0 fully saturated rings. The molecule has 0 saturated heterocycles. The Kier molecular flexibility index (Phi) is 4.48. The Labute approximate surface area is 302 Å². The van der Waals surface area contributed by atoms with E-state index in [9.17, 15) is 0 Å². The highest BCUT2D eigenvalue weighted by Gasteiger charge is 2.17. The zero-order valence-electron chi connectivity index (χ0n) is 38.6. The minimum absolute atomic E-state index is 0.0636. The number of benzene rings is 7. The standard InChI is InChI=1S/C45H30N4/c1-4-15-31(16-5-1)34-21-14-22-35(27-34)44-46-43(33-19-8-3-9-20-33)47-45(48-44)37-28-36(32-17-6-2-7-18-32)29-38(30-37)49-41-25-12-10-23-39(41)40-24-11-13-26-42(40)49/h1-30H/i2D,6D,7D,10D,11D,12D,13D,17D,18D,23D,24D,25D,26D. The zero-order valence-corrected chi connectivity index (χ0v) is 25.6. The first-order valence-corrected chi connectivity index (χ1v) is 15.4. The molecule has 230 valence electrons. The monoisotopic (exact) mass is 639 g/mol. The highest BCUT2D eigenvalue weighted by molar-refractivity contribution is 6.09. The molecule has 0 saturated carbocycles. The molecule has 0 N–H and O–H groups in total. The molecule has 0 unspecified atom stereocenters. The Bertz CT molecular complexity index is 3230. The van der Waals surface area contributed by atoms with Crippen LogP contribution < -0.4 is 0 Å². The highest BCUT2D eigenvalue weighted by Crippen LogP contribution is 2.36. The zero-order chi connectivity index (χ0) is 43.9. The molecule has 2 aromatic heterocycles. The first-order valence-electron chi connectivity index (χ1n) is 21.9. The van der Waals surface area contributed by atoms with Gasteiger partial charge in [0, 0.05) is 33.2 Å². The molecular weight excluding hydrogens is 597 g/mol. The van der Waals surface area contributed by atoms with Crippen LogP contribution in [0.5, 0.6) is 0 Å². The van der Waals surface area contributed by atoms with Crippen LogP contribution in [0, 0.1) is 0 Å². The van der Waals surface area contributed by atoms with Crippen LogP contribution >= 0.6 is 0 Å². The van der Waals surface area contributed by atoms with Crippen LogP contribution in [0.25, 0.3) is 83.9 Å². The number of hydrogen-bond acceptors (Lipinski definition) is 3. The number of para-hydroxylation sites is 2. The van der Waals surface area contributed by atoms with Crippen LogP contribution in [0.3, 0.4) is 0 Å². The Morgan fingerprint density at radius 1 is 0.367 bits per heavy atom. The van der Waals surface area contributed by atoms with E-state index >= 15 is 0 Å². The van der Waals surface area contributed by atoms with Gasteiger partial charge < -0.3 is 4.57 Å². The summed E-state index contributed by atoms with van der Waals surface area (Å²) in [5, 5.41) is -0.306. The van der Waals surface area contributed by atoms with E-state index in [-0.39, 0.29) is 61.7 Å². The van der Waals surface area contributed by atoms with Crippen molar-refractivity contribution in [1.82, 2.24) is 19.5 Å². The lowest BCUT2D eigenvalue weighted by atomic mass is 10.0. The molecule has 49 heavy (non-hydrogen) atoms. The highest BCUT2D eigenvalue weighted by atomic mass is 15.0. The van der Waals surface area contributed by atoms with Crippen molar-refractivity contribution in [1.29, 1.82) is 0 Å². The van der Waals surface area contributed by atoms with E-state index in [2.05, 4.69) is 0 Å². The predicted octanol–water partition coefficient (Wildman–Crippen LogP) is 11.3. The van der Waals surface area contributed by atoms with Gasteiger partial charge in [-0.1, -0.05) is 145 Å². The summed E-state index contributed by atoms with van der Waals surface area (Å²) in [4.78, 5) is 14.7. The summed E-state index contributed by atoms with van der Waals surface area (Å²) in [5.41, 5.74) is 2.98. The van der Waals surface area contributed by atoms with Crippen molar-refractivity contribution in [3.8, 4) is 62.1 Å². The number of nitrogens with zero attached hydrogens (tertiary/aromatic N) is 4. The molecule has 0 atom stereocenters. The molecule has 0 amide bonds. The van der Waals surface area contributed by atoms with Crippen LogP contribution in [0.15, 0.2) is 182 Å². The van der Waals surface area contributed by atoms with E-state index in [0.717, 1.165) is 11.1 Å². The molecule has 9 rings (SSSR count). The van der Waals surface area contributed by atoms with Gasteiger partial charge in [-0.3, -0.25) is 0 Å². The summed E-state index contributed by atoms with van der Waals surface area (Å²) in [6.45, 7) is 0. The fourth-order valence-corrected chi connectivity index (χ4v) is 5.91. The summed E-state index contributed by atoms with van der Waals surface area (Å²) in [6.07, 6.45) is 0. The van der Waals surface area contributed by atoms with E-state index in [0.29, 0.717) is 11.1 Å². The quantitative estimate of drug-likeness (QED) is 0.182. The lowest BCUT2D eigenvalue weighted by molar-refractivity contribution is 1.07. The minimum Gasteiger partial charge on any atom is -0.309 e. The van der Waals surface area contributed by atoms with Crippen LogP contribution in [0.2, 0.25) is 0 Å². The minimum atomic E-state index is -0.615. The van der Waals surface area contributed by atoms with Gasteiger partial charge in [0.1, 0.15) is 0 Å². The molecule has 4 heteroatoms. The van der Waals surface area contributed by atoms with Gasteiger partial charge in [0.15, 0.2) is 17.5 Å². The largest absolute Gasteiger partial charge is 0.309 e. The van der Waals surface area contributed by atoms with E-state index < -0.39 is 78.6 Å². The third-order valence-electron chi connectivity index (χ3n) is 8.15. The second-order valence-electron chi connectivity index (χ2n) is 11.2. The fourth-order valence-electron chi connectivity index (χ4n) is 5.91. The van der Waals surface area contributed by atoms with Crippen molar-refractivity contribution in [3.05, 3.63) is 182 Å². The summed E-state index contributed by atoms with van der Waals surface area (Å²) in [7, 11) is 0. The predicted molar refractivity (Wildman–Crippen MR) is 201 cm³/mol. The van der Waals surface area contributed by atoms with Crippen LogP contribution in [-0.4, -0.2) is 19.5 Å². The van der Waals surface area contributed by atoms with Gasteiger partial charge in [0.05, 0.1) is 28.9 Å². The first-order chi connectivity index (χ1) is 29.7. The SMILES string of the molecule is [2H]c1c([2H])c([2H])c(-c2cc(-c3nc(-c4ccccc4)nc(-c4cccc(-c5ccccc5)c4)n3)cc(-n3c4c([2H])c([2H])c([2H])c([2H])c4c4c([2H])c([2H])c([2H])c([2H])c43)c2)c([2H])c1[2H]. The molecule has 0 aliphatic heterocycles. The van der Waals surface area contributed by atoms with Crippen LogP contribution in [0.1, 0.15) is 17.8 Å². The molecule has 4 nitrogen and oxygen atoms in total. The van der Waals surface area contributed by atoms with Crippen molar-refractivity contribution in [2.75, 3.05) is 0 Å². The second kappa shape index (κ2) is 12.2. The normalized spacial score (nSPS) is 15.0. The van der Waals surface area contributed by atoms with Crippen molar-refractivity contribution in [2.45, 2.75) is 0 Å². The van der Waals surface area contributed by atoms with E-state index in [1.54, 1.807) is 12.1 Å². The lowest BCUT2D eigenvalue weighted by Crippen LogP contribution is -2.02. The number of fused-ring (bicyclic) bond motifs is 3. The third kappa shape index (κ3) is 5.35. The average molecular weight is 640 g/mol. The molecule has 0 aliphatic carbocycles. The van der Waals surface area contributed by atoms with Gasteiger partial charge in [-0.25, -0.2) is 15.0 Å². The Hall–Kier alpha value is -6.65. The lowest BCUT2D eigenvalue weighted by Gasteiger charge is -2.14. The van der Waals surface area contributed by atoms with Gasteiger partial charge in [0.2, 0.25) is 0 Å². The maximum Gasteiger partial charge on any atom is 0.164 e. The third-order valence-corrected chi connectivity index (χ3v) is 8.15. The van der Waals surface area contributed by atoms with Gasteiger partial charge in [-0.15, -0.1) is 0 Å². The van der Waals surface area contributed by atoms with Gasteiger partial charge in [-0.2, -0.15) is 0 Å². The smallest absolute Gasteiger partial charge is 0.164 e. The van der Waals surface area contributed by atoms with Crippen molar-refractivity contribution >= 4 is 21.8 Å². The molecule has 0 radical (unpaired) electrons. The fraction of sp³-hybridized carbons (Fsp3) is 0. The Balaban J connectivity index is 1.42.